The van der Waals surface area contributed by atoms with E-state index < -0.39 is 6.10 Å². The van der Waals surface area contributed by atoms with E-state index in [1.54, 1.807) is 7.11 Å². The van der Waals surface area contributed by atoms with E-state index in [9.17, 15) is 5.11 Å². The molecule has 0 spiro atoms. The molecule has 3 nitrogen and oxygen atoms in total. The lowest BCUT2D eigenvalue weighted by Crippen LogP contribution is -2.41. The van der Waals surface area contributed by atoms with Crippen LogP contribution in [0, 0.1) is 23.7 Å². The van der Waals surface area contributed by atoms with Gasteiger partial charge in [0, 0.05) is 12.6 Å². The molecule has 0 aromatic heterocycles. The summed E-state index contributed by atoms with van der Waals surface area (Å²) >= 11 is 0. The van der Waals surface area contributed by atoms with Gasteiger partial charge in [-0.15, -0.1) is 0 Å². The van der Waals surface area contributed by atoms with Gasteiger partial charge in [0.05, 0.1) is 13.2 Å². The van der Waals surface area contributed by atoms with Crippen molar-refractivity contribution in [1.82, 2.24) is 5.32 Å². The number of methoxy groups -OCH3 is 1. The monoisotopic (exact) mass is 301 g/mol. The van der Waals surface area contributed by atoms with Gasteiger partial charge in [-0.05, 0) is 67.1 Å². The quantitative estimate of drug-likeness (QED) is 0.878. The minimum absolute atomic E-state index is 0.450. The molecule has 3 fully saturated rings. The summed E-state index contributed by atoms with van der Waals surface area (Å²) in [6, 6.07) is 8.39. The minimum Gasteiger partial charge on any atom is -0.497 e. The van der Waals surface area contributed by atoms with Crippen molar-refractivity contribution in [2.24, 2.45) is 23.7 Å². The highest BCUT2D eigenvalue weighted by Crippen LogP contribution is 2.58. The second kappa shape index (κ2) is 5.86. The van der Waals surface area contributed by atoms with Crippen molar-refractivity contribution >= 4 is 0 Å². The lowest BCUT2D eigenvalue weighted by atomic mass is 9.79. The van der Waals surface area contributed by atoms with Gasteiger partial charge in [0.15, 0.2) is 0 Å². The van der Waals surface area contributed by atoms with Gasteiger partial charge in [-0.1, -0.05) is 18.6 Å². The molecule has 2 bridgehead atoms. The van der Waals surface area contributed by atoms with Gasteiger partial charge in [0.25, 0.3) is 0 Å². The van der Waals surface area contributed by atoms with Gasteiger partial charge in [-0.3, -0.25) is 0 Å². The Morgan fingerprint density at radius 3 is 2.95 bits per heavy atom. The van der Waals surface area contributed by atoms with E-state index in [4.69, 9.17) is 4.74 Å². The van der Waals surface area contributed by atoms with Gasteiger partial charge < -0.3 is 15.2 Å². The standard InChI is InChI=1S/C19H27NO2/c1-22-14-5-2-4-12(8-14)19(21)11-20-18-10-13-9-17(18)16-7-3-6-15(13)16/h2,4-5,8,13,15-21H,3,6-7,9-11H2,1H3. The molecular formula is C19H27NO2. The molecule has 2 N–H and O–H groups in total. The van der Waals surface area contributed by atoms with Crippen LogP contribution < -0.4 is 10.1 Å². The zero-order valence-corrected chi connectivity index (χ0v) is 13.4. The fourth-order valence-corrected chi connectivity index (χ4v) is 5.53. The maximum absolute atomic E-state index is 10.4. The van der Waals surface area contributed by atoms with Gasteiger partial charge in [0.2, 0.25) is 0 Å². The topological polar surface area (TPSA) is 41.5 Å². The summed E-state index contributed by atoms with van der Waals surface area (Å²) in [4.78, 5) is 0. The predicted octanol–water partition coefficient (Wildman–Crippen LogP) is 3.14. The molecule has 0 amide bonds. The van der Waals surface area contributed by atoms with Crippen LogP contribution in [0.3, 0.4) is 0 Å². The van der Waals surface area contributed by atoms with Crippen LogP contribution in [0.1, 0.15) is 43.8 Å². The third kappa shape index (κ3) is 2.44. The molecule has 0 aliphatic heterocycles. The van der Waals surface area contributed by atoms with Crippen LogP contribution in [0.5, 0.6) is 5.75 Å². The molecule has 4 rings (SSSR count). The number of aliphatic hydroxyl groups is 1. The summed E-state index contributed by atoms with van der Waals surface area (Å²) in [6.07, 6.45) is 6.68. The van der Waals surface area contributed by atoms with E-state index in [2.05, 4.69) is 5.32 Å². The third-order valence-corrected chi connectivity index (χ3v) is 6.48. The van der Waals surface area contributed by atoms with Crippen LogP contribution in [0.15, 0.2) is 24.3 Å². The molecule has 0 heterocycles. The number of ether oxygens (including phenoxy) is 1. The first-order valence-corrected chi connectivity index (χ1v) is 8.81. The molecule has 1 aromatic carbocycles. The van der Waals surface area contributed by atoms with Crippen LogP contribution in [-0.4, -0.2) is 24.8 Å². The van der Waals surface area contributed by atoms with Crippen molar-refractivity contribution in [3.8, 4) is 5.75 Å². The molecule has 6 unspecified atom stereocenters. The number of aliphatic hydroxyl groups excluding tert-OH is 1. The van der Waals surface area contributed by atoms with Crippen molar-refractivity contribution in [2.75, 3.05) is 13.7 Å². The maximum atomic E-state index is 10.4. The van der Waals surface area contributed by atoms with E-state index >= 15 is 0 Å². The Labute approximate surface area is 133 Å². The Balaban J connectivity index is 1.35. The van der Waals surface area contributed by atoms with E-state index in [0.717, 1.165) is 35.0 Å². The second-order valence-electron chi connectivity index (χ2n) is 7.46. The largest absolute Gasteiger partial charge is 0.497 e. The van der Waals surface area contributed by atoms with E-state index in [1.807, 2.05) is 24.3 Å². The minimum atomic E-state index is -0.450. The fraction of sp³-hybridized carbons (Fsp3) is 0.684. The van der Waals surface area contributed by atoms with Gasteiger partial charge in [-0.2, -0.15) is 0 Å². The fourth-order valence-electron chi connectivity index (χ4n) is 5.53. The number of rotatable bonds is 5. The van der Waals surface area contributed by atoms with Crippen molar-refractivity contribution in [3.05, 3.63) is 29.8 Å². The summed E-state index contributed by atoms with van der Waals surface area (Å²) in [5, 5.41) is 14.1. The predicted molar refractivity (Wildman–Crippen MR) is 86.8 cm³/mol. The Hall–Kier alpha value is -1.06. The Morgan fingerprint density at radius 1 is 1.23 bits per heavy atom. The van der Waals surface area contributed by atoms with Crippen molar-refractivity contribution in [3.63, 3.8) is 0 Å². The summed E-state index contributed by atoms with van der Waals surface area (Å²) in [7, 11) is 1.66. The van der Waals surface area contributed by atoms with Crippen LogP contribution in [0.2, 0.25) is 0 Å². The second-order valence-corrected chi connectivity index (χ2v) is 7.46. The highest BCUT2D eigenvalue weighted by atomic mass is 16.5. The number of nitrogens with one attached hydrogen (secondary N) is 1. The Morgan fingerprint density at radius 2 is 2.09 bits per heavy atom. The summed E-state index contributed by atoms with van der Waals surface area (Å²) in [5.74, 6) is 4.65. The molecule has 22 heavy (non-hydrogen) atoms. The summed E-state index contributed by atoms with van der Waals surface area (Å²) < 4.78 is 5.24. The number of hydrogen-bond acceptors (Lipinski definition) is 3. The first kappa shape index (κ1) is 14.5. The van der Waals surface area contributed by atoms with Gasteiger partial charge in [-0.25, -0.2) is 0 Å². The highest BCUT2D eigenvalue weighted by Gasteiger charge is 2.53. The maximum Gasteiger partial charge on any atom is 0.119 e. The average Bonchev–Trinajstić information content (AvgIpc) is 3.25. The SMILES string of the molecule is COc1cccc(C(O)CNC2CC3CC2C2CCCC32)c1. The van der Waals surface area contributed by atoms with Crippen molar-refractivity contribution < 1.29 is 9.84 Å². The molecule has 6 atom stereocenters. The zero-order chi connectivity index (χ0) is 15.1. The highest BCUT2D eigenvalue weighted by molar-refractivity contribution is 5.30. The number of hydrogen-bond donors (Lipinski definition) is 2. The number of fused-ring (bicyclic) bond motifs is 5. The average molecular weight is 301 g/mol. The normalized spacial score (nSPS) is 37.3. The van der Waals surface area contributed by atoms with Crippen LogP contribution in [0.25, 0.3) is 0 Å². The third-order valence-electron chi connectivity index (χ3n) is 6.48. The first-order chi connectivity index (χ1) is 10.8. The van der Waals surface area contributed by atoms with Crippen LogP contribution in [-0.2, 0) is 0 Å². The molecule has 3 heteroatoms. The Bertz CT molecular complexity index is 532. The van der Waals surface area contributed by atoms with Crippen LogP contribution >= 0.6 is 0 Å². The lowest BCUT2D eigenvalue weighted by Gasteiger charge is -2.32. The molecule has 0 radical (unpaired) electrons. The van der Waals surface area contributed by atoms with E-state index in [0.29, 0.717) is 12.6 Å². The van der Waals surface area contributed by atoms with Gasteiger partial charge >= 0.3 is 0 Å². The van der Waals surface area contributed by atoms with Crippen molar-refractivity contribution in [1.29, 1.82) is 0 Å². The molecule has 0 saturated heterocycles. The van der Waals surface area contributed by atoms with Gasteiger partial charge in [0.1, 0.15) is 5.75 Å². The zero-order valence-electron chi connectivity index (χ0n) is 13.4. The van der Waals surface area contributed by atoms with E-state index in [1.165, 1.54) is 32.1 Å². The Kier molecular flexibility index (Phi) is 3.87. The lowest BCUT2D eigenvalue weighted by molar-refractivity contribution is 0.148. The molecule has 3 saturated carbocycles. The molecule has 3 aliphatic carbocycles. The molecule has 1 aromatic rings. The molecule has 120 valence electrons. The number of benzene rings is 1. The summed E-state index contributed by atoms with van der Waals surface area (Å²) in [6.45, 7) is 0.651. The van der Waals surface area contributed by atoms with Crippen LogP contribution in [0.4, 0.5) is 0 Å². The smallest absolute Gasteiger partial charge is 0.119 e. The molecule has 3 aliphatic rings. The van der Waals surface area contributed by atoms with E-state index in [-0.39, 0.29) is 0 Å². The van der Waals surface area contributed by atoms with Crippen molar-refractivity contribution in [2.45, 2.75) is 44.2 Å². The molecular weight excluding hydrogens is 274 g/mol. The summed E-state index contributed by atoms with van der Waals surface area (Å²) in [5.41, 5.74) is 0.939. The first-order valence-electron chi connectivity index (χ1n) is 8.81.